The van der Waals surface area contributed by atoms with Crippen molar-refractivity contribution < 1.29 is 67.7 Å². The van der Waals surface area contributed by atoms with E-state index < -0.39 is 90.6 Å². The number of nitrogens with zero attached hydrogens (tertiary/aromatic N) is 1. The molecule has 15 nitrogen and oxygen atoms in total. The van der Waals surface area contributed by atoms with Crippen LogP contribution in [-0.2, 0) is 69.6 Å². The van der Waals surface area contributed by atoms with Crippen LogP contribution in [0.5, 0.6) is 0 Å². The average molecular weight is 1070 g/mol. The summed E-state index contributed by atoms with van der Waals surface area (Å²) in [6, 6.07) is 14.9. The number of hydrogen-bond acceptors (Lipinski definition) is 13. The summed E-state index contributed by atoms with van der Waals surface area (Å²) >= 11 is 0. The fraction of sp³-hybridized carbons (Fsp3) is 0.460. The maximum atomic E-state index is 14.6. The van der Waals surface area contributed by atoms with Gasteiger partial charge in [-0.2, -0.15) is 0 Å². The minimum absolute atomic E-state index is 0. The summed E-state index contributed by atoms with van der Waals surface area (Å²) in [6.07, 6.45) is -0.496. The smallest absolute Gasteiger partial charge is 0.407 e. The second-order valence-corrected chi connectivity index (χ2v) is 23.9. The number of fused-ring (bicyclic) bond motifs is 2. The van der Waals surface area contributed by atoms with Crippen molar-refractivity contribution in [2.45, 2.75) is 132 Å². The van der Waals surface area contributed by atoms with Crippen molar-refractivity contribution >= 4 is 50.1 Å². The molecule has 4 aromatic rings. The minimum Gasteiger partial charge on any atom is -0.444 e. The van der Waals surface area contributed by atoms with Crippen molar-refractivity contribution in [1.29, 1.82) is 0 Å². The molecule has 0 aromatic heterocycles. The molecule has 394 valence electrons. The molecule has 0 spiro atoms. The van der Waals surface area contributed by atoms with Crippen molar-refractivity contribution in [3.05, 3.63) is 129 Å². The molecule has 2 saturated heterocycles. The number of carbonyl (C=O) groups excluding carboxylic acids is 3. The number of Topliss-reactive ketones (excluding diaryl/α,β-unsaturated/α-hetero) is 1. The van der Waals surface area contributed by atoms with Gasteiger partial charge in [0.15, 0.2) is 25.5 Å². The fourth-order valence-corrected chi connectivity index (χ4v) is 9.77. The number of carbonyl (C=O) groups is 3. The zero-order valence-corrected chi connectivity index (χ0v) is 43.6. The Morgan fingerprint density at radius 3 is 1.65 bits per heavy atom. The summed E-state index contributed by atoms with van der Waals surface area (Å²) in [6.45, 7) is 13.0. The van der Waals surface area contributed by atoms with Gasteiger partial charge in [0, 0.05) is 62.3 Å². The van der Waals surface area contributed by atoms with E-state index in [0.717, 1.165) is 66.2 Å². The van der Waals surface area contributed by atoms with Crippen LogP contribution in [0.3, 0.4) is 0 Å². The Balaban J connectivity index is 0.000000222. The van der Waals surface area contributed by atoms with Gasteiger partial charge in [0.05, 0.1) is 28.5 Å². The third-order valence-electron chi connectivity index (χ3n) is 11.6. The van der Waals surface area contributed by atoms with Gasteiger partial charge < -0.3 is 34.9 Å². The molecule has 4 aliphatic heterocycles. The lowest BCUT2D eigenvalue weighted by Crippen LogP contribution is -2.52. The van der Waals surface area contributed by atoms with Crippen LogP contribution >= 0.6 is 12.4 Å². The molecule has 22 heteroatoms. The van der Waals surface area contributed by atoms with Crippen LogP contribution in [0, 0.1) is 23.3 Å². The summed E-state index contributed by atoms with van der Waals surface area (Å²) in [5, 5.41) is 8.47. The van der Waals surface area contributed by atoms with Crippen LogP contribution in [0.4, 0.5) is 27.2 Å². The Bertz CT molecular complexity index is 2860. The normalized spacial score (nSPS) is 21.1. The third kappa shape index (κ3) is 15.9. The van der Waals surface area contributed by atoms with Crippen LogP contribution in [0.25, 0.3) is 0 Å². The first-order valence-electron chi connectivity index (χ1n) is 22.8. The van der Waals surface area contributed by atoms with Crippen LogP contribution < -0.4 is 16.0 Å². The van der Waals surface area contributed by atoms with Gasteiger partial charge in [-0.25, -0.2) is 44.0 Å². The highest BCUT2D eigenvalue weighted by molar-refractivity contribution is 7.91. The van der Waals surface area contributed by atoms with E-state index in [4.69, 9.17) is 18.9 Å². The largest absolute Gasteiger partial charge is 0.444 e. The van der Waals surface area contributed by atoms with Crippen molar-refractivity contribution in [2.24, 2.45) is 0 Å². The minimum atomic E-state index is -3.32. The SMILES string of the molecule is CC(C)(C)OC(=O)N[C@H]1CC(=O)CO[C@@H]1c1cc(F)ccc1F.CC(C)(C)OC(=O)N[C@H]1C[C@@H](N2Cc3ccc(S(C)(=O)=O)cc3C2)CO[C@@H]1c1cc(F)ccc1F.CS(=O)(=O)c1ccc2c(c1)CNC2.Cl. The van der Waals surface area contributed by atoms with E-state index in [2.05, 4.69) is 20.9 Å². The van der Waals surface area contributed by atoms with E-state index in [1.165, 1.54) is 18.1 Å². The van der Waals surface area contributed by atoms with Gasteiger partial charge in [-0.3, -0.25) is 9.69 Å². The average Bonchev–Trinajstić information content (AvgIpc) is 3.91. The zero-order valence-electron chi connectivity index (χ0n) is 41.1. The summed E-state index contributed by atoms with van der Waals surface area (Å²) in [5.74, 6) is -2.74. The summed E-state index contributed by atoms with van der Waals surface area (Å²) in [7, 11) is -6.37. The predicted octanol–water partition coefficient (Wildman–Crippen LogP) is 8.11. The fourth-order valence-electron chi connectivity index (χ4n) is 8.43. The maximum Gasteiger partial charge on any atom is 0.407 e. The Labute approximate surface area is 423 Å². The van der Waals surface area contributed by atoms with Gasteiger partial charge >= 0.3 is 12.2 Å². The second-order valence-electron chi connectivity index (χ2n) is 19.9. The molecular weight excluding hydrogens is 1010 g/mol. The molecule has 0 unspecified atom stereocenters. The van der Waals surface area contributed by atoms with Gasteiger partial charge in [-0.05, 0) is 131 Å². The molecule has 0 saturated carbocycles. The number of benzene rings is 4. The molecule has 5 atom stereocenters. The first-order chi connectivity index (χ1) is 33.0. The van der Waals surface area contributed by atoms with E-state index in [1.807, 2.05) is 12.1 Å². The van der Waals surface area contributed by atoms with Gasteiger partial charge in [-0.15, -0.1) is 12.4 Å². The van der Waals surface area contributed by atoms with Crippen LogP contribution in [0.1, 0.15) is 100.0 Å². The number of nitrogens with one attached hydrogen (secondary N) is 3. The van der Waals surface area contributed by atoms with E-state index in [0.29, 0.717) is 24.4 Å². The van der Waals surface area contributed by atoms with Gasteiger partial charge in [0.25, 0.3) is 0 Å². The molecule has 2 amide bonds. The van der Waals surface area contributed by atoms with E-state index in [1.54, 1.807) is 65.8 Å². The number of halogens is 5. The van der Waals surface area contributed by atoms with Crippen LogP contribution in [-0.4, -0.2) is 94.8 Å². The Kier molecular flexibility index (Phi) is 18.7. The molecule has 0 aliphatic carbocycles. The Morgan fingerprint density at radius 1 is 0.653 bits per heavy atom. The monoisotopic (exact) mass is 1070 g/mol. The number of sulfone groups is 2. The lowest BCUT2D eigenvalue weighted by atomic mass is 9.92. The number of amides is 2. The zero-order chi connectivity index (χ0) is 52.2. The molecule has 0 bridgehead atoms. The molecule has 4 aliphatic rings. The highest BCUT2D eigenvalue weighted by Crippen LogP contribution is 2.36. The van der Waals surface area contributed by atoms with Crippen molar-refractivity contribution in [3.8, 4) is 0 Å². The number of hydrogen-bond donors (Lipinski definition) is 3. The summed E-state index contributed by atoms with van der Waals surface area (Å²) < 4.78 is 124. The van der Waals surface area contributed by atoms with Crippen LogP contribution in [0.2, 0.25) is 0 Å². The van der Waals surface area contributed by atoms with E-state index in [9.17, 15) is 48.8 Å². The van der Waals surface area contributed by atoms with Gasteiger partial charge in [0.2, 0.25) is 0 Å². The topological polar surface area (TPSA) is 196 Å². The lowest BCUT2D eigenvalue weighted by molar-refractivity contribution is -0.133. The number of alkyl carbamates (subject to hydrolysis) is 2. The second kappa shape index (κ2) is 23.4. The molecule has 4 aromatic carbocycles. The predicted molar refractivity (Wildman–Crippen MR) is 261 cm³/mol. The quantitative estimate of drug-likeness (QED) is 0.150. The van der Waals surface area contributed by atoms with Crippen molar-refractivity contribution in [3.63, 3.8) is 0 Å². The molecule has 0 radical (unpaired) electrons. The maximum absolute atomic E-state index is 14.6. The van der Waals surface area contributed by atoms with Gasteiger partial charge in [-0.1, -0.05) is 12.1 Å². The van der Waals surface area contributed by atoms with Crippen molar-refractivity contribution in [1.82, 2.24) is 20.9 Å². The number of ether oxygens (including phenoxy) is 4. The summed E-state index contributed by atoms with van der Waals surface area (Å²) in [5.41, 5.74) is 2.78. The third-order valence-corrected chi connectivity index (χ3v) is 13.9. The Morgan fingerprint density at radius 2 is 1.12 bits per heavy atom. The molecule has 4 heterocycles. The summed E-state index contributed by atoms with van der Waals surface area (Å²) in [4.78, 5) is 38.9. The van der Waals surface area contributed by atoms with Crippen LogP contribution in [0.15, 0.2) is 82.6 Å². The van der Waals surface area contributed by atoms with Crippen molar-refractivity contribution in [2.75, 3.05) is 25.7 Å². The van der Waals surface area contributed by atoms with E-state index in [-0.39, 0.29) is 59.9 Å². The highest BCUT2D eigenvalue weighted by atomic mass is 35.5. The number of ketones is 1. The molecule has 3 N–H and O–H groups in total. The highest BCUT2D eigenvalue weighted by Gasteiger charge is 2.40. The molecule has 2 fully saturated rings. The standard InChI is InChI=1S/C25H30F2N2O5S.C16H19F2NO4.C9H11NO2S.ClH/c1-25(2,3)34-24(30)28-22-11-18(14-33-23(22)20-10-17(26)6-8-21(20)27)29-12-15-5-7-19(35(4,31)32)9-16(15)13-29;1-16(2,3)23-15(21)19-13-7-10(20)8-22-14(13)11-6-9(17)4-5-12(11)18;1-13(11,12)9-3-2-7-5-10-6-8(7)4-9;/h5-10,18,22-23H,11-14H2,1-4H3,(H,28,30);4-6,13-14H,7-8H2,1-3H3,(H,19,21);2-4,10H,5-6H2,1H3;1H/t18-,22+,23-;13-,14+;;/m10../s1. The molecular formula is C50H61ClF4N4O11S2. The Hall–Kier alpha value is -5.16. The van der Waals surface area contributed by atoms with E-state index >= 15 is 0 Å². The first-order valence-corrected chi connectivity index (χ1v) is 26.5. The molecule has 72 heavy (non-hydrogen) atoms. The van der Waals surface area contributed by atoms with Gasteiger partial charge in [0.1, 0.15) is 53.3 Å². The number of rotatable bonds is 7. The first kappa shape index (κ1) is 57.7. The lowest BCUT2D eigenvalue weighted by Gasteiger charge is -2.40. The molecule has 8 rings (SSSR count).